The van der Waals surface area contributed by atoms with Crippen LogP contribution in [0.3, 0.4) is 0 Å². The zero-order chi connectivity index (χ0) is 16.0. The predicted octanol–water partition coefficient (Wildman–Crippen LogP) is 5.48. The minimum atomic E-state index is 0.479. The highest BCUT2D eigenvalue weighted by atomic mass is 35.5. The van der Waals surface area contributed by atoms with Gasteiger partial charge in [0.2, 0.25) is 4.96 Å². The van der Waals surface area contributed by atoms with Gasteiger partial charge >= 0.3 is 0 Å². The molecular formula is C15H7Cl3N4S. The SMILES string of the molecule is Clc1ccc(-c2nnc3sc(-c4cccc(Cl)c4Cl)nn23)cc1. The van der Waals surface area contributed by atoms with E-state index in [2.05, 4.69) is 15.3 Å². The lowest BCUT2D eigenvalue weighted by atomic mass is 10.2. The first-order valence-electron chi connectivity index (χ1n) is 6.56. The van der Waals surface area contributed by atoms with Crippen LogP contribution in [0, 0.1) is 0 Å². The van der Waals surface area contributed by atoms with Crippen molar-refractivity contribution in [3.05, 3.63) is 57.5 Å². The summed E-state index contributed by atoms with van der Waals surface area (Å²) in [7, 11) is 0. The Hall–Kier alpha value is -1.66. The lowest BCUT2D eigenvalue weighted by Gasteiger charge is -2.01. The molecule has 2 aromatic carbocycles. The maximum Gasteiger partial charge on any atom is 0.235 e. The lowest BCUT2D eigenvalue weighted by molar-refractivity contribution is 0.971. The molecular weight excluding hydrogens is 375 g/mol. The van der Waals surface area contributed by atoms with Crippen molar-refractivity contribution in [2.75, 3.05) is 0 Å². The first-order chi connectivity index (χ1) is 11.1. The summed E-state index contributed by atoms with van der Waals surface area (Å²) in [5.74, 6) is 0.650. The van der Waals surface area contributed by atoms with E-state index < -0.39 is 0 Å². The third-order valence-corrected chi connectivity index (χ3v) is 5.28. The molecule has 0 aliphatic heterocycles. The summed E-state index contributed by atoms with van der Waals surface area (Å²) < 4.78 is 1.69. The van der Waals surface area contributed by atoms with Crippen LogP contribution in [-0.4, -0.2) is 19.8 Å². The van der Waals surface area contributed by atoms with Gasteiger partial charge in [0, 0.05) is 16.1 Å². The summed E-state index contributed by atoms with van der Waals surface area (Å²) in [5.41, 5.74) is 1.66. The number of rotatable bonds is 2. The molecule has 0 saturated carbocycles. The summed E-state index contributed by atoms with van der Waals surface area (Å²) in [6, 6.07) is 12.8. The molecule has 2 heterocycles. The zero-order valence-electron chi connectivity index (χ0n) is 11.4. The Morgan fingerprint density at radius 2 is 1.70 bits per heavy atom. The maximum atomic E-state index is 6.27. The minimum Gasteiger partial charge on any atom is -0.182 e. The van der Waals surface area contributed by atoms with Crippen LogP contribution < -0.4 is 0 Å². The van der Waals surface area contributed by atoms with Gasteiger partial charge in [0.1, 0.15) is 5.01 Å². The molecule has 0 fully saturated rings. The van der Waals surface area contributed by atoms with Gasteiger partial charge in [-0.3, -0.25) is 0 Å². The van der Waals surface area contributed by atoms with Crippen LogP contribution in [0.4, 0.5) is 0 Å². The third kappa shape index (κ3) is 2.60. The normalized spacial score (nSPS) is 11.3. The van der Waals surface area contributed by atoms with Gasteiger partial charge in [-0.05, 0) is 30.3 Å². The van der Waals surface area contributed by atoms with E-state index in [1.807, 2.05) is 24.3 Å². The number of fused-ring (bicyclic) bond motifs is 1. The molecule has 0 aliphatic carbocycles. The van der Waals surface area contributed by atoms with Crippen molar-refractivity contribution in [1.29, 1.82) is 0 Å². The van der Waals surface area contributed by atoms with E-state index >= 15 is 0 Å². The summed E-state index contributed by atoms with van der Waals surface area (Å²) >= 11 is 19.7. The number of hydrogen-bond donors (Lipinski definition) is 0. The summed E-state index contributed by atoms with van der Waals surface area (Å²) in [6.07, 6.45) is 0. The summed E-state index contributed by atoms with van der Waals surface area (Å²) in [5, 5.41) is 15.3. The van der Waals surface area contributed by atoms with Crippen molar-refractivity contribution in [3.63, 3.8) is 0 Å². The second-order valence-corrected chi connectivity index (χ2v) is 6.91. The third-order valence-electron chi connectivity index (χ3n) is 3.28. The molecule has 4 nitrogen and oxygen atoms in total. The van der Waals surface area contributed by atoms with Crippen molar-refractivity contribution >= 4 is 51.1 Å². The molecule has 0 saturated heterocycles. The van der Waals surface area contributed by atoms with E-state index in [9.17, 15) is 0 Å². The molecule has 0 aliphatic rings. The molecule has 23 heavy (non-hydrogen) atoms. The minimum absolute atomic E-state index is 0.479. The second-order valence-electron chi connectivity index (χ2n) is 4.73. The van der Waals surface area contributed by atoms with E-state index in [-0.39, 0.29) is 0 Å². The van der Waals surface area contributed by atoms with E-state index in [1.54, 1.807) is 22.7 Å². The van der Waals surface area contributed by atoms with Gasteiger partial charge in [-0.15, -0.1) is 10.2 Å². The summed E-state index contributed by atoms with van der Waals surface area (Å²) in [4.78, 5) is 0.681. The van der Waals surface area contributed by atoms with E-state index in [1.165, 1.54) is 11.3 Å². The predicted molar refractivity (Wildman–Crippen MR) is 94.6 cm³/mol. The highest BCUT2D eigenvalue weighted by molar-refractivity contribution is 7.19. The van der Waals surface area contributed by atoms with Gasteiger partial charge in [0.25, 0.3) is 0 Å². The average Bonchev–Trinajstić information content (AvgIpc) is 3.11. The largest absolute Gasteiger partial charge is 0.235 e. The number of halogens is 3. The first kappa shape index (κ1) is 14.9. The van der Waals surface area contributed by atoms with Gasteiger partial charge < -0.3 is 0 Å². The molecule has 0 bridgehead atoms. The van der Waals surface area contributed by atoms with Crippen molar-refractivity contribution < 1.29 is 0 Å². The average molecular weight is 382 g/mol. The molecule has 114 valence electrons. The Morgan fingerprint density at radius 1 is 0.913 bits per heavy atom. The molecule has 2 aromatic heterocycles. The zero-order valence-corrected chi connectivity index (χ0v) is 14.5. The van der Waals surface area contributed by atoms with Gasteiger partial charge in [0.05, 0.1) is 10.0 Å². The quantitative estimate of drug-likeness (QED) is 0.462. The summed E-state index contributed by atoms with van der Waals surface area (Å²) in [6.45, 7) is 0. The highest BCUT2D eigenvalue weighted by Gasteiger charge is 2.16. The van der Waals surface area contributed by atoms with Gasteiger partial charge in [0.15, 0.2) is 5.82 Å². The molecule has 0 spiro atoms. The van der Waals surface area contributed by atoms with E-state index in [4.69, 9.17) is 34.8 Å². The molecule has 0 atom stereocenters. The van der Waals surface area contributed by atoms with Gasteiger partial charge in [-0.25, -0.2) is 0 Å². The van der Waals surface area contributed by atoms with Gasteiger partial charge in [-0.2, -0.15) is 9.61 Å². The molecule has 8 heteroatoms. The number of nitrogens with zero attached hydrogens (tertiary/aromatic N) is 4. The van der Waals surface area contributed by atoms with Crippen LogP contribution in [0.15, 0.2) is 42.5 Å². The van der Waals surface area contributed by atoms with Crippen molar-refractivity contribution in [2.45, 2.75) is 0 Å². The maximum absolute atomic E-state index is 6.27. The van der Waals surface area contributed by atoms with Crippen LogP contribution in [0.25, 0.3) is 26.9 Å². The van der Waals surface area contributed by atoms with E-state index in [0.29, 0.717) is 25.9 Å². The molecule has 0 unspecified atom stereocenters. The fourth-order valence-electron chi connectivity index (χ4n) is 2.17. The Labute approximate surface area is 150 Å². The van der Waals surface area contributed by atoms with Crippen molar-refractivity contribution in [2.24, 2.45) is 0 Å². The van der Waals surface area contributed by atoms with Crippen molar-refractivity contribution in [3.8, 4) is 22.0 Å². The van der Waals surface area contributed by atoms with Crippen LogP contribution >= 0.6 is 46.1 Å². The Balaban J connectivity index is 1.86. The molecule has 4 aromatic rings. The smallest absolute Gasteiger partial charge is 0.182 e. The first-order valence-corrected chi connectivity index (χ1v) is 8.51. The van der Waals surface area contributed by atoms with Crippen LogP contribution in [0.5, 0.6) is 0 Å². The van der Waals surface area contributed by atoms with Gasteiger partial charge in [-0.1, -0.05) is 58.3 Å². The fraction of sp³-hybridized carbons (Fsp3) is 0. The Morgan fingerprint density at radius 3 is 2.48 bits per heavy atom. The second kappa shape index (κ2) is 5.76. The number of benzene rings is 2. The fourth-order valence-corrected chi connectivity index (χ4v) is 3.62. The standard InChI is InChI=1S/C15H7Cl3N4S/c16-9-6-4-8(5-7-9)13-19-20-15-22(13)21-14(23-15)10-2-1-3-11(17)12(10)18/h1-7H. The molecule has 4 rings (SSSR count). The van der Waals surface area contributed by atoms with Crippen LogP contribution in [0.1, 0.15) is 0 Å². The van der Waals surface area contributed by atoms with Crippen molar-refractivity contribution in [1.82, 2.24) is 19.8 Å². The number of aromatic nitrogens is 4. The molecule has 0 radical (unpaired) electrons. The number of hydrogen-bond acceptors (Lipinski definition) is 4. The Bertz CT molecular complexity index is 1010. The van der Waals surface area contributed by atoms with Crippen LogP contribution in [-0.2, 0) is 0 Å². The highest BCUT2D eigenvalue weighted by Crippen LogP contribution is 2.36. The molecule has 0 N–H and O–H groups in total. The Kier molecular flexibility index (Phi) is 3.73. The monoisotopic (exact) mass is 380 g/mol. The van der Waals surface area contributed by atoms with Crippen LogP contribution in [0.2, 0.25) is 15.1 Å². The van der Waals surface area contributed by atoms with E-state index in [0.717, 1.165) is 16.1 Å². The topological polar surface area (TPSA) is 43.1 Å². The lowest BCUT2D eigenvalue weighted by Crippen LogP contribution is -1.91. The molecule has 0 amide bonds.